The number of hydrogen-bond donors (Lipinski definition) is 2. The van der Waals surface area contributed by atoms with E-state index in [2.05, 4.69) is 0 Å². The second-order valence-electron chi connectivity index (χ2n) is 4.06. The minimum atomic E-state index is -0.905. The Kier molecular flexibility index (Phi) is 5.25. The fourth-order valence-electron chi connectivity index (χ4n) is 1.35. The van der Waals surface area contributed by atoms with Crippen molar-refractivity contribution in [3.05, 3.63) is 35.6 Å². The van der Waals surface area contributed by atoms with E-state index in [1.165, 1.54) is 19.2 Å². The zero-order valence-corrected chi connectivity index (χ0v) is 10.5. The lowest BCUT2D eigenvalue weighted by Crippen LogP contribution is -2.40. The van der Waals surface area contributed by atoms with Gasteiger partial charge in [0.05, 0.1) is 0 Å². The molecule has 0 aliphatic rings. The Labute approximate surface area is 110 Å². The number of hydrogen-bond acceptors (Lipinski definition) is 4. The van der Waals surface area contributed by atoms with Gasteiger partial charge in [0.15, 0.2) is 0 Å². The summed E-state index contributed by atoms with van der Waals surface area (Å²) in [5, 5.41) is 0. The third-order valence-corrected chi connectivity index (χ3v) is 2.44. The van der Waals surface area contributed by atoms with Crippen LogP contribution < -0.4 is 11.5 Å². The van der Waals surface area contributed by atoms with Crippen LogP contribution >= 0.6 is 0 Å². The molecule has 1 aromatic rings. The molecule has 1 aromatic carbocycles. The maximum Gasteiger partial charge on any atom is 0.417 e. The first-order valence-corrected chi connectivity index (χ1v) is 5.60. The molecule has 1 atom stereocenters. The summed E-state index contributed by atoms with van der Waals surface area (Å²) >= 11 is 0. The highest BCUT2D eigenvalue weighted by atomic mass is 19.1. The minimum absolute atomic E-state index is 0.0617. The van der Waals surface area contributed by atoms with E-state index < -0.39 is 18.2 Å². The molecular weight excluding hydrogens is 253 g/mol. The zero-order chi connectivity index (χ0) is 14.4. The van der Waals surface area contributed by atoms with Crippen molar-refractivity contribution in [2.45, 2.75) is 12.5 Å². The lowest BCUT2D eigenvalue weighted by Gasteiger charge is -2.16. The van der Waals surface area contributed by atoms with Crippen LogP contribution in [0.1, 0.15) is 5.56 Å². The van der Waals surface area contributed by atoms with Gasteiger partial charge in [-0.15, -0.1) is 0 Å². The molecule has 104 valence electrons. The molecule has 0 fully saturated rings. The van der Waals surface area contributed by atoms with Gasteiger partial charge in [-0.3, -0.25) is 0 Å². The smallest absolute Gasteiger partial charge is 0.417 e. The summed E-state index contributed by atoms with van der Waals surface area (Å²) in [6.07, 6.45) is -0.435. The summed E-state index contributed by atoms with van der Waals surface area (Å²) < 4.78 is 17.5. The van der Waals surface area contributed by atoms with Gasteiger partial charge >= 0.3 is 12.1 Å². The molecule has 0 radical (unpaired) electrons. The topological polar surface area (TPSA) is 98.6 Å². The van der Waals surface area contributed by atoms with E-state index in [-0.39, 0.29) is 12.4 Å². The van der Waals surface area contributed by atoms with Gasteiger partial charge in [-0.05, 0) is 24.1 Å². The SMILES string of the molecule is CN(C(N)=O)C(=O)OCC(N)Cc1ccc(F)cc1. The van der Waals surface area contributed by atoms with E-state index in [1.54, 1.807) is 12.1 Å². The van der Waals surface area contributed by atoms with Crippen LogP contribution in [0.25, 0.3) is 0 Å². The number of nitrogens with zero attached hydrogens (tertiary/aromatic N) is 1. The predicted molar refractivity (Wildman–Crippen MR) is 66.8 cm³/mol. The van der Waals surface area contributed by atoms with E-state index in [9.17, 15) is 14.0 Å². The molecule has 4 N–H and O–H groups in total. The number of rotatable bonds is 4. The number of carbonyl (C=O) groups is 2. The van der Waals surface area contributed by atoms with Crippen LogP contribution in [0, 0.1) is 5.82 Å². The van der Waals surface area contributed by atoms with Gasteiger partial charge in [0, 0.05) is 13.1 Å². The highest BCUT2D eigenvalue weighted by molar-refractivity contribution is 5.89. The Hall–Kier alpha value is -2.15. The zero-order valence-electron chi connectivity index (χ0n) is 10.5. The lowest BCUT2D eigenvalue weighted by atomic mass is 10.1. The molecule has 0 saturated heterocycles. The van der Waals surface area contributed by atoms with Crippen LogP contribution in [-0.4, -0.2) is 36.7 Å². The lowest BCUT2D eigenvalue weighted by molar-refractivity contribution is 0.112. The fraction of sp³-hybridized carbons (Fsp3) is 0.333. The van der Waals surface area contributed by atoms with Crippen LogP contribution in [0.15, 0.2) is 24.3 Å². The molecule has 7 heteroatoms. The van der Waals surface area contributed by atoms with Gasteiger partial charge in [-0.25, -0.2) is 18.9 Å². The van der Waals surface area contributed by atoms with Crippen molar-refractivity contribution >= 4 is 12.1 Å². The quantitative estimate of drug-likeness (QED) is 0.846. The molecule has 0 aliphatic carbocycles. The number of urea groups is 1. The normalized spacial score (nSPS) is 11.7. The van der Waals surface area contributed by atoms with Gasteiger partial charge < -0.3 is 16.2 Å². The number of imide groups is 1. The summed E-state index contributed by atoms with van der Waals surface area (Å²) in [5.41, 5.74) is 11.5. The number of benzene rings is 1. The van der Waals surface area contributed by atoms with Crippen molar-refractivity contribution < 1.29 is 18.7 Å². The van der Waals surface area contributed by atoms with Crippen LogP contribution in [0.4, 0.5) is 14.0 Å². The molecule has 19 heavy (non-hydrogen) atoms. The van der Waals surface area contributed by atoms with E-state index in [0.29, 0.717) is 11.3 Å². The van der Waals surface area contributed by atoms with Crippen LogP contribution in [0.2, 0.25) is 0 Å². The predicted octanol–water partition coefficient (Wildman–Crippen LogP) is 0.843. The van der Waals surface area contributed by atoms with Gasteiger partial charge in [0.1, 0.15) is 12.4 Å². The van der Waals surface area contributed by atoms with E-state index in [0.717, 1.165) is 5.56 Å². The van der Waals surface area contributed by atoms with Crippen molar-refractivity contribution in [1.29, 1.82) is 0 Å². The molecule has 0 saturated carbocycles. The maximum absolute atomic E-state index is 12.7. The fourth-order valence-corrected chi connectivity index (χ4v) is 1.35. The maximum atomic E-state index is 12.7. The average Bonchev–Trinajstić information content (AvgIpc) is 2.37. The average molecular weight is 269 g/mol. The van der Waals surface area contributed by atoms with Crippen molar-refractivity contribution in [2.75, 3.05) is 13.7 Å². The number of nitrogens with two attached hydrogens (primary N) is 2. The Bertz CT molecular complexity index is 450. The number of amides is 3. The molecule has 1 rings (SSSR count). The third-order valence-electron chi connectivity index (χ3n) is 2.44. The van der Waals surface area contributed by atoms with Crippen LogP contribution in [0.3, 0.4) is 0 Å². The second-order valence-corrected chi connectivity index (χ2v) is 4.06. The first-order valence-electron chi connectivity index (χ1n) is 5.60. The highest BCUT2D eigenvalue weighted by Crippen LogP contribution is 2.05. The van der Waals surface area contributed by atoms with Gasteiger partial charge in [0.25, 0.3) is 0 Å². The van der Waals surface area contributed by atoms with Gasteiger partial charge in [0.2, 0.25) is 0 Å². The minimum Gasteiger partial charge on any atom is -0.447 e. The molecule has 0 aliphatic heterocycles. The highest BCUT2D eigenvalue weighted by Gasteiger charge is 2.16. The molecule has 0 bridgehead atoms. The van der Waals surface area contributed by atoms with Crippen LogP contribution in [-0.2, 0) is 11.2 Å². The van der Waals surface area contributed by atoms with E-state index in [4.69, 9.17) is 16.2 Å². The Morgan fingerprint density at radius 2 is 1.95 bits per heavy atom. The number of ether oxygens (including phenoxy) is 1. The molecule has 1 unspecified atom stereocenters. The molecule has 0 aromatic heterocycles. The first-order chi connectivity index (χ1) is 8.90. The Balaban J connectivity index is 2.39. The molecule has 0 heterocycles. The standard InChI is InChI=1S/C12H16FN3O3/c1-16(11(15)17)12(18)19-7-10(14)6-8-2-4-9(13)5-3-8/h2-5,10H,6-7,14H2,1H3,(H2,15,17). The van der Waals surface area contributed by atoms with Crippen molar-refractivity contribution in [3.63, 3.8) is 0 Å². The Morgan fingerprint density at radius 1 is 1.37 bits per heavy atom. The summed E-state index contributed by atoms with van der Waals surface area (Å²) in [6.45, 7) is -0.0617. The third kappa shape index (κ3) is 4.92. The second kappa shape index (κ2) is 6.69. The van der Waals surface area contributed by atoms with Crippen molar-refractivity contribution in [2.24, 2.45) is 11.5 Å². The van der Waals surface area contributed by atoms with Gasteiger partial charge in [-0.2, -0.15) is 0 Å². The largest absolute Gasteiger partial charge is 0.447 e. The summed E-state index contributed by atoms with van der Waals surface area (Å²) in [7, 11) is 1.20. The summed E-state index contributed by atoms with van der Waals surface area (Å²) in [6, 6.07) is 4.51. The Morgan fingerprint density at radius 3 is 2.47 bits per heavy atom. The molecule has 0 spiro atoms. The first kappa shape index (κ1) is 14.9. The van der Waals surface area contributed by atoms with Crippen molar-refractivity contribution in [1.82, 2.24) is 4.90 Å². The molecule has 3 amide bonds. The van der Waals surface area contributed by atoms with E-state index >= 15 is 0 Å². The number of primary amides is 1. The van der Waals surface area contributed by atoms with Crippen LogP contribution in [0.5, 0.6) is 0 Å². The summed E-state index contributed by atoms with van der Waals surface area (Å²) in [4.78, 5) is 22.6. The number of carbonyl (C=O) groups excluding carboxylic acids is 2. The molecule has 6 nitrogen and oxygen atoms in total. The number of halogens is 1. The van der Waals surface area contributed by atoms with E-state index in [1.807, 2.05) is 0 Å². The monoisotopic (exact) mass is 269 g/mol. The molecular formula is C12H16FN3O3. The van der Waals surface area contributed by atoms with Crippen molar-refractivity contribution in [3.8, 4) is 0 Å². The van der Waals surface area contributed by atoms with Gasteiger partial charge in [-0.1, -0.05) is 12.1 Å². The summed E-state index contributed by atoms with van der Waals surface area (Å²) in [5.74, 6) is -0.327.